The summed E-state index contributed by atoms with van der Waals surface area (Å²) in [4.78, 5) is 17.8. The summed E-state index contributed by atoms with van der Waals surface area (Å²) in [6.45, 7) is 4.96. The van der Waals surface area contributed by atoms with Crippen LogP contribution < -0.4 is 0 Å². The highest BCUT2D eigenvalue weighted by molar-refractivity contribution is 7.18. The molecule has 0 radical (unpaired) electrons. The van der Waals surface area contributed by atoms with E-state index in [4.69, 9.17) is 11.6 Å². The molecule has 0 aromatic carbocycles. The van der Waals surface area contributed by atoms with Crippen molar-refractivity contribution in [1.29, 1.82) is 0 Å². The first-order valence-corrected chi connectivity index (χ1v) is 7.67. The molecular formula is C13H17ClN2OS. The highest BCUT2D eigenvalue weighted by atomic mass is 35.5. The monoisotopic (exact) mass is 284 g/mol. The SMILES string of the molecule is O=C(CN1CCN2CCCC2C1)c1ccc(Cl)s1. The van der Waals surface area contributed by atoms with Gasteiger partial charge in [-0.1, -0.05) is 11.6 Å². The van der Waals surface area contributed by atoms with E-state index >= 15 is 0 Å². The number of hydrogen-bond acceptors (Lipinski definition) is 4. The minimum atomic E-state index is 0.207. The molecule has 1 aromatic heterocycles. The predicted octanol–water partition coefficient (Wildman–Crippen LogP) is 2.36. The van der Waals surface area contributed by atoms with Gasteiger partial charge in [-0.3, -0.25) is 14.6 Å². The van der Waals surface area contributed by atoms with Crippen LogP contribution in [0.4, 0.5) is 0 Å². The van der Waals surface area contributed by atoms with E-state index in [-0.39, 0.29) is 5.78 Å². The molecule has 5 heteroatoms. The molecule has 1 aromatic rings. The van der Waals surface area contributed by atoms with E-state index in [9.17, 15) is 4.79 Å². The summed E-state index contributed by atoms with van der Waals surface area (Å²) in [7, 11) is 0. The minimum Gasteiger partial charge on any atom is -0.298 e. The average molecular weight is 285 g/mol. The Balaban J connectivity index is 1.58. The lowest BCUT2D eigenvalue weighted by Gasteiger charge is -2.37. The topological polar surface area (TPSA) is 23.6 Å². The van der Waals surface area contributed by atoms with Crippen LogP contribution in [0.2, 0.25) is 4.34 Å². The van der Waals surface area contributed by atoms with Gasteiger partial charge < -0.3 is 0 Å². The maximum atomic E-state index is 12.1. The molecular weight excluding hydrogens is 268 g/mol. The number of piperazine rings is 1. The zero-order chi connectivity index (χ0) is 12.5. The Morgan fingerprint density at radius 3 is 3.06 bits per heavy atom. The van der Waals surface area contributed by atoms with Crippen LogP contribution in [0.25, 0.3) is 0 Å². The second-order valence-corrected chi connectivity index (χ2v) is 6.81. The number of carbonyl (C=O) groups excluding carboxylic acids is 1. The van der Waals surface area contributed by atoms with Gasteiger partial charge in [-0.25, -0.2) is 0 Å². The summed E-state index contributed by atoms with van der Waals surface area (Å²) in [5, 5.41) is 0. The molecule has 0 N–H and O–H groups in total. The van der Waals surface area contributed by atoms with Crippen LogP contribution in [0.5, 0.6) is 0 Å². The standard InChI is InChI=1S/C13H17ClN2OS/c14-13-4-3-12(18-13)11(17)9-15-6-7-16-5-1-2-10(16)8-15/h3-4,10H,1-2,5-9H2. The summed E-state index contributed by atoms with van der Waals surface area (Å²) in [6.07, 6.45) is 2.60. The van der Waals surface area contributed by atoms with Crippen LogP contribution >= 0.6 is 22.9 Å². The van der Waals surface area contributed by atoms with Crippen molar-refractivity contribution in [2.75, 3.05) is 32.7 Å². The number of ketones is 1. The number of carbonyl (C=O) groups is 1. The van der Waals surface area contributed by atoms with Gasteiger partial charge in [-0.2, -0.15) is 0 Å². The van der Waals surface area contributed by atoms with E-state index in [0.29, 0.717) is 16.9 Å². The van der Waals surface area contributed by atoms with Crippen molar-refractivity contribution < 1.29 is 4.79 Å². The van der Waals surface area contributed by atoms with Gasteiger partial charge in [0.15, 0.2) is 5.78 Å². The van der Waals surface area contributed by atoms with Gasteiger partial charge in [0.2, 0.25) is 0 Å². The summed E-state index contributed by atoms with van der Waals surface area (Å²) >= 11 is 7.25. The fourth-order valence-electron chi connectivity index (χ4n) is 2.94. The van der Waals surface area contributed by atoms with Gasteiger partial charge in [0.1, 0.15) is 0 Å². The number of halogens is 1. The zero-order valence-corrected chi connectivity index (χ0v) is 11.8. The Morgan fingerprint density at radius 2 is 2.28 bits per heavy atom. The molecule has 3 heterocycles. The van der Waals surface area contributed by atoms with Gasteiger partial charge in [-0.05, 0) is 31.5 Å². The number of nitrogens with zero attached hydrogens (tertiary/aromatic N) is 2. The van der Waals surface area contributed by atoms with Gasteiger partial charge >= 0.3 is 0 Å². The van der Waals surface area contributed by atoms with Crippen LogP contribution in [-0.2, 0) is 0 Å². The van der Waals surface area contributed by atoms with Crippen molar-refractivity contribution >= 4 is 28.7 Å². The smallest absolute Gasteiger partial charge is 0.186 e. The van der Waals surface area contributed by atoms with Crippen LogP contribution in [-0.4, -0.2) is 54.3 Å². The zero-order valence-electron chi connectivity index (χ0n) is 10.3. The van der Waals surface area contributed by atoms with Gasteiger partial charge in [-0.15, -0.1) is 11.3 Å². The van der Waals surface area contributed by atoms with Crippen molar-refractivity contribution in [3.8, 4) is 0 Å². The van der Waals surface area contributed by atoms with Gasteiger partial charge in [0.05, 0.1) is 15.8 Å². The molecule has 98 valence electrons. The molecule has 3 nitrogen and oxygen atoms in total. The third-order valence-corrected chi connectivity index (χ3v) is 5.16. The lowest BCUT2D eigenvalue weighted by atomic mass is 10.1. The van der Waals surface area contributed by atoms with Gasteiger partial charge in [0.25, 0.3) is 0 Å². The van der Waals surface area contributed by atoms with Crippen molar-refractivity contribution in [3.63, 3.8) is 0 Å². The molecule has 2 fully saturated rings. The van der Waals surface area contributed by atoms with Crippen molar-refractivity contribution in [2.45, 2.75) is 18.9 Å². The number of thiophene rings is 1. The molecule has 18 heavy (non-hydrogen) atoms. The lowest BCUT2D eigenvalue weighted by Crippen LogP contribution is -2.51. The first kappa shape index (κ1) is 12.6. The molecule has 1 atom stereocenters. The highest BCUT2D eigenvalue weighted by Crippen LogP contribution is 2.24. The van der Waals surface area contributed by atoms with Crippen LogP contribution in [0, 0.1) is 0 Å². The molecule has 0 aliphatic carbocycles. The van der Waals surface area contributed by atoms with E-state index in [1.54, 1.807) is 6.07 Å². The first-order valence-electron chi connectivity index (χ1n) is 6.47. The third-order valence-electron chi connectivity index (χ3n) is 3.89. The Hall–Kier alpha value is -0.420. The fourth-order valence-corrected chi connectivity index (χ4v) is 3.92. The second-order valence-electron chi connectivity index (χ2n) is 5.09. The summed E-state index contributed by atoms with van der Waals surface area (Å²) < 4.78 is 0.693. The highest BCUT2D eigenvalue weighted by Gasteiger charge is 2.31. The molecule has 2 saturated heterocycles. The molecule has 3 rings (SSSR count). The number of fused-ring (bicyclic) bond motifs is 1. The minimum absolute atomic E-state index is 0.207. The van der Waals surface area contributed by atoms with E-state index in [0.717, 1.165) is 24.5 Å². The van der Waals surface area contributed by atoms with E-state index < -0.39 is 0 Å². The molecule has 1 unspecified atom stereocenters. The van der Waals surface area contributed by atoms with E-state index in [1.807, 2.05) is 6.07 Å². The quantitative estimate of drug-likeness (QED) is 0.796. The summed E-state index contributed by atoms with van der Waals surface area (Å²) in [5.74, 6) is 0.207. The third kappa shape index (κ3) is 2.62. The molecule has 0 saturated carbocycles. The predicted molar refractivity (Wildman–Crippen MR) is 74.7 cm³/mol. The maximum absolute atomic E-state index is 12.1. The molecule has 2 aliphatic heterocycles. The van der Waals surface area contributed by atoms with E-state index in [2.05, 4.69) is 9.80 Å². The summed E-state index contributed by atoms with van der Waals surface area (Å²) in [5.41, 5.74) is 0. The second kappa shape index (κ2) is 5.29. The largest absolute Gasteiger partial charge is 0.298 e. The fraction of sp³-hybridized carbons (Fsp3) is 0.615. The van der Waals surface area contributed by atoms with Crippen LogP contribution in [0.3, 0.4) is 0 Å². The number of hydrogen-bond donors (Lipinski definition) is 0. The number of Topliss-reactive ketones (excluding diaryl/α,β-unsaturated/α-hetero) is 1. The Kier molecular flexibility index (Phi) is 3.71. The van der Waals surface area contributed by atoms with Crippen molar-refractivity contribution in [3.05, 3.63) is 21.3 Å². The normalized spacial score (nSPS) is 25.3. The Morgan fingerprint density at radius 1 is 1.39 bits per heavy atom. The van der Waals surface area contributed by atoms with Crippen molar-refractivity contribution in [2.24, 2.45) is 0 Å². The van der Waals surface area contributed by atoms with Crippen molar-refractivity contribution in [1.82, 2.24) is 9.80 Å². The number of rotatable bonds is 3. The van der Waals surface area contributed by atoms with Gasteiger partial charge in [0, 0.05) is 25.7 Å². The Bertz CT molecular complexity index is 448. The lowest BCUT2D eigenvalue weighted by molar-refractivity contribution is 0.0787. The summed E-state index contributed by atoms with van der Waals surface area (Å²) in [6, 6.07) is 4.31. The molecule has 0 spiro atoms. The average Bonchev–Trinajstić information content (AvgIpc) is 2.96. The van der Waals surface area contributed by atoms with Crippen LogP contribution in [0.1, 0.15) is 22.5 Å². The van der Waals surface area contributed by atoms with E-state index in [1.165, 1.54) is 30.7 Å². The molecule has 2 aliphatic rings. The van der Waals surface area contributed by atoms with Crippen LogP contribution in [0.15, 0.2) is 12.1 Å². The molecule has 0 bridgehead atoms. The molecule has 0 amide bonds. The maximum Gasteiger partial charge on any atom is 0.186 e. The Labute approximate surface area is 116 Å². The first-order chi connectivity index (χ1) is 8.72.